The van der Waals surface area contributed by atoms with Gasteiger partial charge in [-0.25, -0.2) is 4.98 Å². The minimum Gasteiger partial charge on any atom is -0.506 e. The fourth-order valence-electron chi connectivity index (χ4n) is 2.34. The van der Waals surface area contributed by atoms with E-state index in [4.69, 9.17) is 5.73 Å². The van der Waals surface area contributed by atoms with Gasteiger partial charge in [0.1, 0.15) is 11.3 Å². The number of nitrogens with one attached hydrogen (secondary N) is 2. The summed E-state index contributed by atoms with van der Waals surface area (Å²) in [5, 5.41) is 17.6. The standard InChI is InChI=1S/C17H26N4O.4ClH/c18-9-4-12-19-10-1-2-11-20-13-15-8-7-14-5-3-6-16(22)17(14)21-15;;;;/h3,5-8,19-20,22H,1-2,4,9-13,18H2;4*1H. The van der Waals surface area contributed by atoms with Crippen molar-refractivity contribution in [2.75, 3.05) is 26.2 Å². The van der Waals surface area contributed by atoms with Crippen molar-refractivity contribution in [2.24, 2.45) is 5.73 Å². The van der Waals surface area contributed by atoms with Crippen LogP contribution in [0.2, 0.25) is 0 Å². The molecule has 0 amide bonds. The third kappa shape index (κ3) is 10.6. The number of nitrogens with zero attached hydrogens (tertiary/aromatic N) is 1. The molecule has 1 heterocycles. The van der Waals surface area contributed by atoms with Crippen molar-refractivity contribution in [1.29, 1.82) is 0 Å². The Morgan fingerprint density at radius 1 is 0.846 bits per heavy atom. The summed E-state index contributed by atoms with van der Waals surface area (Å²) < 4.78 is 0. The lowest BCUT2D eigenvalue weighted by Gasteiger charge is -2.07. The lowest BCUT2D eigenvalue weighted by Crippen LogP contribution is -2.21. The van der Waals surface area contributed by atoms with Gasteiger partial charge in [0, 0.05) is 11.9 Å². The number of phenols is 1. The number of aromatic hydroxyl groups is 1. The zero-order chi connectivity index (χ0) is 15.6. The Bertz CT molecular complexity index is 590. The van der Waals surface area contributed by atoms with Crippen molar-refractivity contribution in [1.82, 2.24) is 15.6 Å². The maximum Gasteiger partial charge on any atom is 0.141 e. The number of unbranched alkanes of at least 4 members (excludes halogenated alkanes) is 1. The maximum atomic E-state index is 9.83. The molecule has 5 nitrogen and oxygen atoms in total. The Hall–Kier alpha value is -0.530. The largest absolute Gasteiger partial charge is 0.506 e. The van der Waals surface area contributed by atoms with E-state index in [1.807, 2.05) is 24.3 Å². The van der Waals surface area contributed by atoms with Crippen LogP contribution in [0.25, 0.3) is 10.9 Å². The van der Waals surface area contributed by atoms with Crippen molar-refractivity contribution >= 4 is 60.5 Å². The Kier molecular flexibility index (Phi) is 20.8. The predicted octanol–water partition coefficient (Wildman–Crippen LogP) is 3.44. The summed E-state index contributed by atoms with van der Waals surface area (Å²) in [7, 11) is 0. The van der Waals surface area contributed by atoms with Crippen LogP contribution < -0.4 is 16.4 Å². The second kappa shape index (κ2) is 17.9. The summed E-state index contributed by atoms with van der Waals surface area (Å²) >= 11 is 0. The highest BCUT2D eigenvalue weighted by Gasteiger charge is 2.02. The summed E-state index contributed by atoms with van der Waals surface area (Å²) in [6, 6.07) is 9.46. The van der Waals surface area contributed by atoms with Crippen molar-refractivity contribution in [2.45, 2.75) is 25.8 Å². The molecule has 0 saturated carbocycles. The number of phenolic OH excluding ortho intramolecular Hbond substituents is 1. The van der Waals surface area contributed by atoms with Crippen LogP contribution >= 0.6 is 49.6 Å². The van der Waals surface area contributed by atoms with E-state index in [1.165, 1.54) is 0 Å². The van der Waals surface area contributed by atoms with Crippen LogP contribution in [0.4, 0.5) is 0 Å². The van der Waals surface area contributed by atoms with Crippen LogP contribution in [0.1, 0.15) is 25.0 Å². The summed E-state index contributed by atoms with van der Waals surface area (Å²) in [6.07, 6.45) is 3.33. The molecule has 0 bridgehead atoms. The number of hydrogen-bond donors (Lipinski definition) is 4. The minimum absolute atomic E-state index is 0. The zero-order valence-electron chi connectivity index (χ0n) is 14.6. The van der Waals surface area contributed by atoms with Crippen LogP contribution in [0.3, 0.4) is 0 Å². The molecule has 0 unspecified atom stereocenters. The second-order valence-electron chi connectivity index (χ2n) is 5.43. The van der Waals surface area contributed by atoms with Gasteiger partial charge < -0.3 is 21.5 Å². The molecule has 2 aromatic rings. The quantitative estimate of drug-likeness (QED) is 0.419. The van der Waals surface area contributed by atoms with E-state index < -0.39 is 0 Å². The van der Waals surface area contributed by atoms with E-state index in [9.17, 15) is 5.11 Å². The molecule has 0 spiro atoms. The van der Waals surface area contributed by atoms with E-state index in [0.29, 0.717) is 5.52 Å². The minimum atomic E-state index is 0. The molecule has 0 saturated heterocycles. The third-order valence-electron chi connectivity index (χ3n) is 3.58. The molecule has 1 aromatic heterocycles. The zero-order valence-corrected chi connectivity index (χ0v) is 17.9. The number of halogens is 4. The SMILES string of the molecule is Cl.Cl.Cl.Cl.NCCCNCCCCNCc1ccc2cccc(O)c2n1. The van der Waals surface area contributed by atoms with Gasteiger partial charge in [-0.2, -0.15) is 0 Å². The maximum absolute atomic E-state index is 9.83. The Labute approximate surface area is 180 Å². The third-order valence-corrected chi connectivity index (χ3v) is 3.58. The number of hydrogen-bond acceptors (Lipinski definition) is 5. The number of benzene rings is 1. The molecule has 0 fully saturated rings. The van der Waals surface area contributed by atoms with Gasteiger partial charge in [-0.15, -0.1) is 49.6 Å². The Morgan fingerprint density at radius 2 is 1.50 bits per heavy atom. The number of aromatic nitrogens is 1. The molecule has 26 heavy (non-hydrogen) atoms. The van der Waals surface area contributed by atoms with Crippen molar-refractivity contribution in [3.63, 3.8) is 0 Å². The van der Waals surface area contributed by atoms with E-state index in [0.717, 1.165) is 63.1 Å². The fraction of sp³-hybridized carbons (Fsp3) is 0.471. The lowest BCUT2D eigenvalue weighted by atomic mass is 10.2. The molecular formula is C17H30Cl4N4O. The first-order valence-corrected chi connectivity index (χ1v) is 8.00. The topological polar surface area (TPSA) is 83.2 Å². The number of para-hydroxylation sites is 1. The Morgan fingerprint density at radius 3 is 2.19 bits per heavy atom. The molecule has 5 N–H and O–H groups in total. The summed E-state index contributed by atoms with van der Waals surface area (Å²) in [4.78, 5) is 4.51. The smallest absolute Gasteiger partial charge is 0.141 e. The fourth-order valence-corrected chi connectivity index (χ4v) is 2.34. The average molecular weight is 448 g/mol. The number of nitrogens with two attached hydrogens (primary N) is 1. The summed E-state index contributed by atoms with van der Waals surface area (Å²) in [6.45, 7) is 4.50. The first-order chi connectivity index (χ1) is 10.8. The highest BCUT2D eigenvalue weighted by Crippen LogP contribution is 2.22. The molecule has 0 aliphatic carbocycles. The molecule has 2 rings (SSSR count). The van der Waals surface area contributed by atoms with Crippen LogP contribution in [0.15, 0.2) is 30.3 Å². The van der Waals surface area contributed by atoms with E-state index in [-0.39, 0.29) is 55.4 Å². The van der Waals surface area contributed by atoms with Gasteiger partial charge in [-0.3, -0.25) is 0 Å². The van der Waals surface area contributed by atoms with Gasteiger partial charge in [0.25, 0.3) is 0 Å². The van der Waals surface area contributed by atoms with Crippen molar-refractivity contribution < 1.29 is 5.11 Å². The highest BCUT2D eigenvalue weighted by molar-refractivity contribution is 5.86. The van der Waals surface area contributed by atoms with Crippen LogP contribution in [0, 0.1) is 0 Å². The molecule has 0 aliphatic rings. The number of pyridine rings is 1. The van der Waals surface area contributed by atoms with E-state index >= 15 is 0 Å². The Balaban J connectivity index is -0.00000132. The van der Waals surface area contributed by atoms with Gasteiger partial charge in [-0.05, 0) is 57.6 Å². The molecule has 0 radical (unpaired) electrons. The van der Waals surface area contributed by atoms with Crippen LogP contribution in [-0.2, 0) is 6.54 Å². The number of fused-ring (bicyclic) bond motifs is 1. The van der Waals surface area contributed by atoms with Gasteiger partial charge >= 0.3 is 0 Å². The summed E-state index contributed by atoms with van der Waals surface area (Å²) in [5.74, 6) is 0.239. The highest BCUT2D eigenvalue weighted by atomic mass is 35.5. The van der Waals surface area contributed by atoms with Gasteiger partial charge in [-0.1, -0.05) is 18.2 Å². The molecule has 9 heteroatoms. The van der Waals surface area contributed by atoms with Crippen molar-refractivity contribution in [3.05, 3.63) is 36.0 Å². The molecule has 0 aliphatic heterocycles. The molecular weight excluding hydrogens is 418 g/mol. The average Bonchev–Trinajstić information content (AvgIpc) is 2.54. The lowest BCUT2D eigenvalue weighted by molar-refractivity contribution is 0.480. The van der Waals surface area contributed by atoms with Gasteiger partial charge in [0.2, 0.25) is 0 Å². The normalized spacial score (nSPS) is 9.42. The van der Waals surface area contributed by atoms with Crippen LogP contribution in [-0.4, -0.2) is 36.3 Å². The first kappa shape index (κ1) is 30.2. The molecule has 1 aromatic carbocycles. The van der Waals surface area contributed by atoms with Gasteiger partial charge in [0.05, 0.1) is 5.69 Å². The van der Waals surface area contributed by atoms with Crippen molar-refractivity contribution in [3.8, 4) is 5.75 Å². The van der Waals surface area contributed by atoms with Gasteiger partial charge in [0.15, 0.2) is 0 Å². The second-order valence-corrected chi connectivity index (χ2v) is 5.43. The predicted molar refractivity (Wildman–Crippen MR) is 120 cm³/mol. The number of rotatable bonds is 10. The van der Waals surface area contributed by atoms with Crippen LogP contribution in [0.5, 0.6) is 5.75 Å². The molecule has 152 valence electrons. The van der Waals surface area contributed by atoms with E-state index in [1.54, 1.807) is 6.07 Å². The first-order valence-electron chi connectivity index (χ1n) is 8.00. The summed E-state index contributed by atoms with van der Waals surface area (Å²) in [5.41, 5.74) is 7.06. The monoisotopic (exact) mass is 446 g/mol. The molecule has 0 atom stereocenters. The van der Waals surface area contributed by atoms with E-state index in [2.05, 4.69) is 15.6 Å².